The average molecular weight is 1030 g/mol. The highest BCUT2D eigenvalue weighted by Crippen LogP contribution is 2.36. The molecule has 1 aliphatic rings. The van der Waals surface area contributed by atoms with Crippen molar-refractivity contribution in [2.45, 2.75) is 295 Å². The Bertz CT molecular complexity index is 1270. The Morgan fingerprint density at radius 1 is 0.250 bits per heavy atom. The molecular formula is C56H96O16. The molecule has 0 heterocycles. The average Bonchev–Trinajstić information content (AvgIpc) is 3.33. The summed E-state index contributed by atoms with van der Waals surface area (Å²) >= 11 is 0. The standard InChI is InChI=1S/C56H96O16/c57-47(58)33-25-17-9-1-5-13-21-29-37-51(65)69-55(70-52(66)38-30-22-14-6-2-10-18-26-34-48(59)60)45-41-43-46(44-42-45)56(71-53(67)39-31-23-15-7-3-11-19-27-35-49(61)62)72-54(68)40-32-24-16-8-4-12-20-28-36-50(63)64/h45-46,55-56H,1-44H2,(H,57,58)(H,59,60)(H,61,62)(H,63,64). The Hall–Kier alpha value is -4.24. The Balaban J connectivity index is 2.82. The molecule has 0 aromatic heterocycles. The second-order valence-electron chi connectivity index (χ2n) is 20.3. The molecule has 1 aliphatic carbocycles. The number of carbonyl (C=O) groups excluding carboxylic acids is 4. The van der Waals surface area contributed by atoms with Crippen LogP contribution in [0.1, 0.15) is 283 Å². The molecule has 0 bridgehead atoms. The third-order valence-electron chi connectivity index (χ3n) is 13.7. The van der Waals surface area contributed by atoms with Gasteiger partial charge in [-0.1, -0.05) is 154 Å². The van der Waals surface area contributed by atoms with Crippen LogP contribution in [0.5, 0.6) is 0 Å². The van der Waals surface area contributed by atoms with E-state index in [1.165, 1.54) is 0 Å². The first-order chi connectivity index (χ1) is 34.8. The fourth-order valence-corrected chi connectivity index (χ4v) is 9.30. The topological polar surface area (TPSA) is 254 Å². The van der Waals surface area contributed by atoms with Crippen molar-refractivity contribution in [1.82, 2.24) is 0 Å². The third-order valence-corrected chi connectivity index (χ3v) is 13.7. The van der Waals surface area contributed by atoms with Crippen LogP contribution < -0.4 is 0 Å². The number of hydrogen-bond acceptors (Lipinski definition) is 12. The van der Waals surface area contributed by atoms with Crippen LogP contribution in [0, 0.1) is 11.8 Å². The second-order valence-corrected chi connectivity index (χ2v) is 20.3. The first-order valence-corrected chi connectivity index (χ1v) is 28.4. The predicted molar refractivity (Wildman–Crippen MR) is 273 cm³/mol. The van der Waals surface area contributed by atoms with Gasteiger partial charge in [0, 0.05) is 63.2 Å². The SMILES string of the molecule is O=C(O)CCCCCCCCCCC(=O)OC(OC(=O)CCCCCCCCCCC(=O)O)C1CCC(C(OC(=O)CCCCCCCCCCC(=O)O)OC(=O)CCCCCCCCCCC(=O)O)CC1. The number of hydrogen-bond donors (Lipinski definition) is 4. The lowest BCUT2D eigenvalue weighted by Crippen LogP contribution is -2.38. The molecule has 416 valence electrons. The van der Waals surface area contributed by atoms with E-state index in [2.05, 4.69) is 0 Å². The van der Waals surface area contributed by atoms with Gasteiger partial charge >= 0.3 is 47.8 Å². The Morgan fingerprint density at radius 2 is 0.389 bits per heavy atom. The first kappa shape index (κ1) is 65.8. The minimum absolute atomic E-state index is 0.190. The highest BCUT2D eigenvalue weighted by Gasteiger charge is 2.38. The Morgan fingerprint density at radius 3 is 0.542 bits per heavy atom. The number of rotatable bonds is 50. The molecule has 1 saturated carbocycles. The summed E-state index contributed by atoms with van der Waals surface area (Å²) in [5, 5.41) is 35.3. The molecule has 0 amide bonds. The maximum atomic E-state index is 13.2. The van der Waals surface area contributed by atoms with Gasteiger partial charge in [-0.05, 0) is 77.0 Å². The molecule has 0 aliphatic heterocycles. The smallest absolute Gasteiger partial charge is 0.308 e. The highest BCUT2D eigenvalue weighted by molar-refractivity contribution is 5.72. The molecule has 1 fully saturated rings. The van der Waals surface area contributed by atoms with Gasteiger partial charge in [-0.25, -0.2) is 0 Å². The molecule has 0 unspecified atom stereocenters. The van der Waals surface area contributed by atoms with Gasteiger partial charge in [-0.3, -0.25) is 38.4 Å². The number of ether oxygens (including phenoxy) is 4. The van der Waals surface area contributed by atoms with Crippen LogP contribution in [0.15, 0.2) is 0 Å². The van der Waals surface area contributed by atoms with Gasteiger partial charge in [0.25, 0.3) is 0 Å². The summed E-state index contributed by atoms with van der Waals surface area (Å²) in [6, 6.07) is 0. The van der Waals surface area contributed by atoms with Crippen molar-refractivity contribution in [3.05, 3.63) is 0 Å². The van der Waals surface area contributed by atoms with Crippen molar-refractivity contribution in [3.63, 3.8) is 0 Å². The number of carbonyl (C=O) groups is 8. The highest BCUT2D eigenvalue weighted by atomic mass is 16.7. The quantitative estimate of drug-likeness (QED) is 0.0251. The van der Waals surface area contributed by atoms with E-state index in [1.54, 1.807) is 0 Å². The zero-order valence-electron chi connectivity index (χ0n) is 44.1. The molecule has 1 rings (SSSR count). The van der Waals surface area contributed by atoms with Crippen LogP contribution in [0.2, 0.25) is 0 Å². The van der Waals surface area contributed by atoms with Crippen LogP contribution in [0.4, 0.5) is 0 Å². The molecule has 0 radical (unpaired) electrons. The molecule has 0 atom stereocenters. The van der Waals surface area contributed by atoms with Crippen LogP contribution >= 0.6 is 0 Å². The van der Waals surface area contributed by atoms with Crippen LogP contribution in [-0.4, -0.2) is 80.8 Å². The van der Waals surface area contributed by atoms with E-state index in [1.807, 2.05) is 0 Å². The van der Waals surface area contributed by atoms with Crippen LogP contribution in [-0.2, 0) is 57.3 Å². The number of esters is 4. The predicted octanol–water partition coefficient (Wildman–Crippen LogP) is 13.6. The summed E-state index contributed by atoms with van der Waals surface area (Å²) in [5.41, 5.74) is 0. The van der Waals surface area contributed by atoms with Crippen LogP contribution in [0.3, 0.4) is 0 Å². The maximum Gasteiger partial charge on any atom is 0.308 e. The lowest BCUT2D eigenvalue weighted by atomic mass is 9.81. The number of carboxylic acids is 4. The number of carboxylic acid groups (broad SMARTS) is 4. The monoisotopic (exact) mass is 1020 g/mol. The van der Waals surface area contributed by atoms with Crippen molar-refractivity contribution in [2.75, 3.05) is 0 Å². The van der Waals surface area contributed by atoms with Gasteiger partial charge < -0.3 is 39.4 Å². The zero-order chi connectivity index (χ0) is 52.9. The fraction of sp³-hybridized carbons (Fsp3) is 0.857. The molecule has 0 aromatic carbocycles. The van der Waals surface area contributed by atoms with Crippen molar-refractivity contribution < 1.29 is 77.7 Å². The Labute approximate surface area is 431 Å². The summed E-state index contributed by atoms with van der Waals surface area (Å²) < 4.78 is 23.7. The minimum Gasteiger partial charge on any atom is -0.481 e. The van der Waals surface area contributed by atoms with E-state index in [-0.39, 0.29) is 63.2 Å². The number of aliphatic carboxylic acids is 4. The molecule has 72 heavy (non-hydrogen) atoms. The van der Waals surface area contributed by atoms with Crippen molar-refractivity contribution in [3.8, 4) is 0 Å². The summed E-state index contributed by atoms with van der Waals surface area (Å²) in [7, 11) is 0. The first-order valence-electron chi connectivity index (χ1n) is 28.4. The maximum absolute atomic E-state index is 13.2. The van der Waals surface area contributed by atoms with E-state index in [9.17, 15) is 38.4 Å². The van der Waals surface area contributed by atoms with Crippen LogP contribution in [0.25, 0.3) is 0 Å². The van der Waals surface area contributed by atoms with E-state index >= 15 is 0 Å². The van der Waals surface area contributed by atoms with Gasteiger partial charge in [-0.15, -0.1) is 0 Å². The van der Waals surface area contributed by atoms with Gasteiger partial charge in [0.1, 0.15) is 0 Å². The Kier molecular flexibility index (Phi) is 41.5. The van der Waals surface area contributed by atoms with E-state index in [4.69, 9.17) is 39.4 Å². The lowest BCUT2D eigenvalue weighted by Gasteiger charge is -2.35. The minimum atomic E-state index is -1.07. The summed E-state index contributed by atoms with van der Waals surface area (Å²) in [5.74, 6) is -5.40. The van der Waals surface area contributed by atoms with Crippen molar-refractivity contribution in [2.24, 2.45) is 11.8 Å². The summed E-state index contributed by atoms with van der Waals surface area (Å²) in [6.45, 7) is 0. The summed E-state index contributed by atoms with van der Waals surface area (Å²) in [6.07, 6.45) is 29.4. The third kappa shape index (κ3) is 41.3. The van der Waals surface area contributed by atoms with E-state index in [0.717, 1.165) is 154 Å². The molecule has 4 N–H and O–H groups in total. The van der Waals surface area contributed by atoms with Gasteiger partial charge in [0.05, 0.1) is 0 Å². The molecular weight excluding hydrogens is 929 g/mol. The number of unbranched alkanes of at least 4 members (excludes halogenated alkanes) is 28. The normalized spacial score (nSPS) is 14.5. The zero-order valence-corrected chi connectivity index (χ0v) is 44.1. The second kappa shape index (κ2) is 45.4. The van der Waals surface area contributed by atoms with Crippen molar-refractivity contribution in [1.29, 1.82) is 0 Å². The molecule has 0 spiro atoms. The summed E-state index contributed by atoms with van der Waals surface area (Å²) in [4.78, 5) is 95.8. The molecule has 0 aromatic rings. The molecule has 16 heteroatoms. The molecule has 0 saturated heterocycles. The van der Waals surface area contributed by atoms with Crippen molar-refractivity contribution >= 4 is 47.8 Å². The van der Waals surface area contributed by atoms with E-state index in [0.29, 0.717) is 77.0 Å². The van der Waals surface area contributed by atoms with E-state index < -0.39 is 60.3 Å². The molecule has 16 nitrogen and oxygen atoms in total. The largest absolute Gasteiger partial charge is 0.481 e. The van der Waals surface area contributed by atoms with Gasteiger partial charge in [0.2, 0.25) is 12.6 Å². The lowest BCUT2D eigenvalue weighted by molar-refractivity contribution is -0.211. The van der Waals surface area contributed by atoms with Gasteiger partial charge in [-0.2, -0.15) is 0 Å². The fourth-order valence-electron chi connectivity index (χ4n) is 9.30. The van der Waals surface area contributed by atoms with Gasteiger partial charge in [0.15, 0.2) is 0 Å².